The maximum Gasteiger partial charge on any atom is 0.230 e. The molecule has 0 aliphatic heterocycles. The fourth-order valence-electron chi connectivity index (χ4n) is 2.82. The van der Waals surface area contributed by atoms with E-state index in [1.807, 2.05) is 44.3 Å². The van der Waals surface area contributed by atoms with Gasteiger partial charge in [-0.25, -0.2) is 0 Å². The number of fused-ring (bicyclic) bond motifs is 1. The maximum absolute atomic E-state index is 11.9. The molecule has 2 aromatic rings. The zero-order chi connectivity index (χ0) is 19.6. The van der Waals surface area contributed by atoms with Gasteiger partial charge in [0.25, 0.3) is 0 Å². The molecule has 1 atom stereocenters. The highest BCUT2D eigenvalue weighted by atomic mass is 32.2. The molecule has 0 bridgehead atoms. The summed E-state index contributed by atoms with van der Waals surface area (Å²) in [6.07, 6.45) is 4.40. The number of rotatable bonds is 10. The SMILES string of the molecule is CCC[C@H](C)C(=O)NCC(=O)SCC(=O)NCCc1c[nH]c2ccccc12. The smallest absolute Gasteiger partial charge is 0.230 e. The number of hydrogen-bond acceptors (Lipinski definition) is 4. The zero-order valence-corrected chi connectivity index (χ0v) is 16.7. The predicted molar refractivity (Wildman–Crippen MR) is 110 cm³/mol. The molecule has 7 heteroatoms. The third-order valence-electron chi connectivity index (χ3n) is 4.33. The summed E-state index contributed by atoms with van der Waals surface area (Å²) in [6, 6.07) is 8.03. The number of nitrogens with one attached hydrogen (secondary N) is 3. The summed E-state index contributed by atoms with van der Waals surface area (Å²) in [4.78, 5) is 38.7. The van der Waals surface area contributed by atoms with Crippen LogP contribution in [0, 0.1) is 5.92 Å². The first-order valence-electron chi connectivity index (χ1n) is 9.26. The lowest BCUT2D eigenvalue weighted by atomic mass is 10.1. The molecule has 1 aromatic heterocycles. The molecule has 0 unspecified atom stereocenters. The van der Waals surface area contributed by atoms with E-state index in [1.54, 1.807) is 0 Å². The molecule has 2 rings (SSSR count). The van der Waals surface area contributed by atoms with E-state index in [4.69, 9.17) is 0 Å². The van der Waals surface area contributed by atoms with Gasteiger partial charge in [-0.15, -0.1) is 0 Å². The number of benzene rings is 1. The van der Waals surface area contributed by atoms with E-state index in [1.165, 1.54) is 0 Å². The molecule has 27 heavy (non-hydrogen) atoms. The summed E-state index contributed by atoms with van der Waals surface area (Å²) in [7, 11) is 0. The van der Waals surface area contributed by atoms with Crippen LogP contribution in [-0.2, 0) is 20.8 Å². The third-order valence-corrected chi connectivity index (χ3v) is 5.20. The third kappa shape index (κ3) is 6.75. The average molecular weight is 390 g/mol. The van der Waals surface area contributed by atoms with Gasteiger partial charge in [-0.2, -0.15) is 0 Å². The molecule has 0 radical (unpaired) electrons. The molecule has 146 valence electrons. The Balaban J connectivity index is 1.63. The number of H-pyrrole nitrogens is 1. The first kappa shape index (κ1) is 21.0. The zero-order valence-electron chi connectivity index (χ0n) is 15.8. The van der Waals surface area contributed by atoms with E-state index in [0.717, 1.165) is 47.5 Å². The Labute approximate surface area is 163 Å². The second kappa shape index (κ2) is 10.8. The normalized spacial score (nSPS) is 11.9. The summed E-state index contributed by atoms with van der Waals surface area (Å²) in [5, 5.41) is 6.40. The highest BCUT2D eigenvalue weighted by molar-refractivity contribution is 8.14. The second-order valence-corrected chi connectivity index (χ2v) is 7.56. The van der Waals surface area contributed by atoms with Gasteiger partial charge in [0, 0.05) is 29.6 Å². The van der Waals surface area contributed by atoms with E-state index in [2.05, 4.69) is 15.6 Å². The largest absolute Gasteiger partial charge is 0.361 e. The molecular formula is C20H27N3O3S. The molecule has 0 aliphatic rings. The van der Waals surface area contributed by atoms with Crippen LogP contribution in [0.1, 0.15) is 32.3 Å². The minimum Gasteiger partial charge on any atom is -0.361 e. The Bertz CT molecular complexity index is 788. The first-order chi connectivity index (χ1) is 13.0. The fourth-order valence-corrected chi connectivity index (χ4v) is 3.39. The number of amides is 2. The highest BCUT2D eigenvalue weighted by Crippen LogP contribution is 2.17. The van der Waals surface area contributed by atoms with Gasteiger partial charge in [0.1, 0.15) is 0 Å². The van der Waals surface area contributed by atoms with Gasteiger partial charge in [0.15, 0.2) is 0 Å². The van der Waals surface area contributed by atoms with E-state index in [-0.39, 0.29) is 35.1 Å². The Morgan fingerprint density at radius 3 is 2.74 bits per heavy atom. The Morgan fingerprint density at radius 2 is 1.96 bits per heavy atom. The van der Waals surface area contributed by atoms with Crippen molar-refractivity contribution < 1.29 is 14.4 Å². The van der Waals surface area contributed by atoms with Gasteiger partial charge in [-0.1, -0.05) is 50.2 Å². The van der Waals surface area contributed by atoms with Gasteiger partial charge in [-0.3, -0.25) is 14.4 Å². The van der Waals surface area contributed by atoms with Gasteiger partial charge in [0.2, 0.25) is 16.9 Å². The molecule has 0 saturated heterocycles. The predicted octanol–water partition coefficient (Wildman–Crippen LogP) is 2.64. The second-order valence-electron chi connectivity index (χ2n) is 6.53. The van der Waals surface area contributed by atoms with Crippen LogP contribution in [0.4, 0.5) is 0 Å². The molecule has 0 aliphatic carbocycles. The van der Waals surface area contributed by atoms with Crippen LogP contribution in [0.2, 0.25) is 0 Å². The van der Waals surface area contributed by atoms with Crippen molar-refractivity contribution in [1.82, 2.24) is 15.6 Å². The van der Waals surface area contributed by atoms with Crippen molar-refractivity contribution in [3.05, 3.63) is 36.0 Å². The quantitative estimate of drug-likeness (QED) is 0.583. The van der Waals surface area contributed by atoms with Crippen molar-refractivity contribution in [3.8, 4) is 0 Å². The number of carbonyl (C=O) groups excluding carboxylic acids is 3. The van der Waals surface area contributed by atoms with E-state index < -0.39 is 0 Å². The van der Waals surface area contributed by atoms with E-state index in [0.29, 0.717) is 6.54 Å². The van der Waals surface area contributed by atoms with Crippen molar-refractivity contribution in [2.45, 2.75) is 33.1 Å². The van der Waals surface area contributed by atoms with Crippen LogP contribution >= 0.6 is 11.8 Å². The Kier molecular flexibility index (Phi) is 8.39. The highest BCUT2D eigenvalue weighted by Gasteiger charge is 2.14. The van der Waals surface area contributed by atoms with Crippen molar-refractivity contribution >= 4 is 39.6 Å². The molecule has 2 amide bonds. The summed E-state index contributed by atoms with van der Waals surface area (Å²) < 4.78 is 0. The monoisotopic (exact) mass is 389 g/mol. The average Bonchev–Trinajstić information content (AvgIpc) is 3.08. The summed E-state index contributed by atoms with van der Waals surface area (Å²) >= 11 is 0.930. The van der Waals surface area contributed by atoms with Crippen LogP contribution in [0.3, 0.4) is 0 Å². The molecule has 0 fully saturated rings. The van der Waals surface area contributed by atoms with Crippen LogP contribution in [0.25, 0.3) is 10.9 Å². The number of thioether (sulfide) groups is 1. The molecule has 3 N–H and O–H groups in total. The topological polar surface area (TPSA) is 91.1 Å². The van der Waals surface area contributed by atoms with Crippen molar-refractivity contribution in [2.24, 2.45) is 5.92 Å². The Hall–Kier alpha value is -2.28. The summed E-state index contributed by atoms with van der Waals surface area (Å²) in [5.41, 5.74) is 2.23. The number of carbonyl (C=O) groups is 3. The van der Waals surface area contributed by atoms with Gasteiger partial charge in [-0.05, 0) is 24.5 Å². The summed E-state index contributed by atoms with van der Waals surface area (Å²) in [5.74, 6) is -0.332. The molecule has 0 saturated carbocycles. The van der Waals surface area contributed by atoms with Crippen molar-refractivity contribution in [3.63, 3.8) is 0 Å². The first-order valence-corrected chi connectivity index (χ1v) is 10.2. The maximum atomic E-state index is 11.9. The molecule has 1 heterocycles. The van der Waals surface area contributed by atoms with Gasteiger partial charge in [0.05, 0.1) is 12.3 Å². The van der Waals surface area contributed by atoms with Gasteiger partial charge < -0.3 is 15.6 Å². The number of hydrogen-bond donors (Lipinski definition) is 3. The lowest BCUT2D eigenvalue weighted by Crippen LogP contribution is -2.33. The lowest BCUT2D eigenvalue weighted by Gasteiger charge is -2.10. The summed E-state index contributed by atoms with van der Waals surface area (Å²) in [6.45, 7) is 4.33. The molecular weight excluding hydrogens is 362 g/mol. The van der Waals surface area contributed by atoms with Crippen LogP contribution in [0.5, 0.6) is 0 Å². The van der Waals surface area contributed by atoms with Crippen LogP contribution < -0.4 is 10.6 Å². The van der Waals surface area contributed by atoms with Crippen molar-refractivity contribution in [2.75, 3.05) is 18.8 Å². The molecule has 6 nitrogen and oxygen atoms in total. The molecule has 1 aromatic carbocycles. The van der Waals surface area contributed by atoms with Gasteiger partial charge >= 0.3 is 0 Å². The number of aromatic amines is 1. The minimum atomic E-state index is -0.209. The molecule has 0 spiro atoms. The van der Waals surface area contributed by atoms with Crippen LogP contribution in [-0.4, -0.2) is 40.8 Å². The number of aromatic nitrogens is 1. The minimum absolute atomic E-state index is 0.0415. The van der Waals surface area contributed by atoms with E-state index in [9.17, 15) is 14.4 Å². The fraction of sp³-hybridized carbons (Fsp3) is 0.450. The standard InChI is InChI=1S/C20H27N3O3S/c1-3-6-14(2)20(26)23-12-19(25)27-13-18(24)21-10-9-15-11-22-17-8-5-4-7-16(15)17/h4-5,7-8,11,14,22H,3,6,9-10,12-13H2,1-2H3,(H,21,24)(H,23,26)/t14-/m0/s1. The van der Waals surface area contributed by atoms with Crippen LogP contribution in [0.15, 0.2) is 30.5 Å². The van der Waals surface area contributed by atoms with Crippen molar-refractivity contribution in [1.29, 1.82) is 0 Å². The van der Waals surface area contributed by atoms with E-state index >= 15 is 0 Å². The lowest BCUT2D eigenvalue weighted by molar-refractivity contribution is -0.126. The Morgan fingerprint density at radius 1 is 1.19 bits per heavy atom. The number of para-hydroxylation sites is 1.